The number of primary amides is 1. The number of aromatic amines is 1. The number of nitrogens with zero attached hydrogens (tertiary/aromatic N) is 1. The van der Waals surface area contributed by atoms with Gasteiger partial charge in [0.15, 0.2) is 5.16 Å². The fourth-order valence-electron chi connectivity index (χ4n) is 1.72. The minimum absolute atomic E-state index is 0.333. The van der Waals surface area contributed by atoms with Crippen LogP contribution in [0.5, 0.6) is 0 Å². The molecule has 0 saturated carbocycles. The number of benzene rings is 1. The molecule has 6 heteroatoms. The number of H-pyrrole nitrogens is 1. The Morgan fingerprint density at radius 2 is 2.26 bits per heavy atom. The van der Waals surface area contributed by atoms with Crippen LogP contribution in [0.4, 0.5) is 0 Å². The van der Waals surface area contributed by atoms with Crippen molar-refractivity contribution < 1.29 is 4.79 Å². The van der Waals surface area contributed by atoms with E-state index in [0.717, 1.165) is 21.9 Å². The Balaban J connectivity index is 1.97. The molecule has 19 heavy (non-hydrogen) atoms. The van der Waals surface area contributed by atoms with Crippen LogP contribution in [0.25, 0.3) is 11.0 Å². The molecule has 2 rings (SSSR count). The number of fused-ring (bicyclic) bond motifs is 1. The smallest absolute Gasteiger partial charge is 0.237 e. The number of amides is 1. The first-order chi connectivity index (χ1) is 9.05. The second kappa shape index (κ2) is 5.63. The number of para-hydroxylation sites is 2. The molecule has 0 aliphatic heterocycles. The van der Waals surface area contributed by atoms with Gasteiger partial charge in [0.1, 0.15) is 0 Å². The fraction of sp³-hybridized carbons (Fsp3) is 0.385. The van der Waals surface area contributed by atoms with Gasteiger partial charge >= 0.3 is 0 Å². The molecule has 5 nitrogen and oxygen atoms in total. The Bertz CT molecular complexity index is 550. The summed E-state index contributed by atoms with van der Waals surface area (Å²) in [5, 5.41) is 3.84. The molecule has 0 saturated heterocycles. The molecule has 1 unspecified atom stereocenters. The second-order valence-electron chi connectivity index (χ2n) is 4.60. The van der Waals surface area contributed by atoms with Gasteiger partial charge in [-0.2, -0.15) is 0 Å². The monoisotopic (exact) mass is 278 g/mol. The molecule has 0 radical (unpaired) electrons. The summed E-state index contributed by atoms with van der Waals surface area (Å²) in [4.78, 5) is 19.1. The van der Waals surface area contributed by atoms with Crippen molar-refractivity contribution >= 4 is 28.7 Å². The Morgan fingerprint density at radius 3 is 2.89 bits per heavy atom. The summed E-state index contributed by atoms with van der Waals surface area (Å²) in [6.07, 6.45) is 0.653. The van der Waals surface area contributed by atoms with Crippen LogP contribution in [-0.2, 0) is 4.79 Å². The lowest BCUT2D eigenvalue weighted by molar-refractivity contribution is -0.123. The highest BCUT2D eigenvalue weighted by Gasteiger charge is 2.28. The molecule has 0 bridgehead atoms. The molecule has 102 valence electrons. The van der Waals surface area contributed by atoms with Gasteiger partial charge in [0.25, 0.3) is 0 Å². The standard InChI is InChI=1S/C13H18N4OS/c1-13(15-2,11(14)18)7-8-19-12-16-9-5-3-4-6-10(9)17-12/h3-6,15H,7-8H2,1-2H3,(H2,14,18)(H,16,17). The van der Waals surface area contributed by atoms with Gasteiger partial charge in [0.05, 0.1) is 16.6 Å². The molecule has 1 aromatic carbocycles. The average molecular weight is 278 g/mol. The van der Waals surface area contributed by atoms with Crippen LogP contribution in [0.2, 0.25) is 0 Å². The molecule has 1 heterocycles. The number of carbonyl (C=O) groups is 1. The van der Waals surface area contributed by atoms with Crippen molar-refractivity contribution in [2.24, 2.45) is 5.73 Å². The van der Waals surface area contributed by atoms with Gasteiger partial charge in [-0.25, -0.2) is 4.98 Å². The molecule has 0 aliphatic carbocycles. The van der Waals surface area contributed by atoms with E-state index in [9.17, 15) is 4.79 Å². The summed E-state index contributed by atoms with van der Waals surface area (Å²) >= 11 is 1.59. The summed E-state index contributed by atoms with van der Waals surface area (Å²) in [5.74, 6) is 0.431. The first kappa shape index (κ1) is 13.9. The lowest BCUT2D eigenvalue weighted by Crippen LogP contribution is -2.51. The van der Waals surface area contributed by atoms with Gasteiger partial charge in [-0.05, 0) is 32.5 Å². The van der Waals surface area contributed by atoms with Crippen LogP contribution in [0, 0.1) is 0 Å². The lowest BCUT2D eigenvalue weighted by Gasteiger charge is -2.24. The van der Waals surface area contributed by atoms with E-state index in [2.05, 4.69) is 15.3 Å². The van der Waals surface area contributed by atoms with Crippen molar-refractivity contribution in [2.45, 2.75) is 24.0 Å². The maximum atomic E-state index is 11.4. The molecule has 1 atom stereocenters. The molecule has 0 aliphatic rings. The number of rotatable bonds is 6. The number of likely N-dealkylation sites (N-methyl/N-ethyl adjacent to an activating group) is 1. The van der Waals surface area contributed by atoms with E-state index in [-0.39, 0.29) is 5.91 Å². The third-order valence-electron chi connectivity index (χ3n) is 3.30. The molecule has 1 aromatic heterocycles. The van der Waals surface area contributed by atoms with Crippen LogP contribution >= 0.6 is 11.8 Å². The molecular weight excluding hydrogens is 260 g/mol. The Labute approximate surface area is 116 Å². The predicted molar refractivity (Wildman–Crippen MR) is 78.1 cm³/mol. The topological polar surface area (TPSA) is 83.8 Å². The zero-order chi connectivity index (χ0) is 13.9. The van der Waals surface area contributed by atoms with Crippen LogP contribution in [0.15, 0.2) is 29.4 Å². The molecule has 4 N–H and O–H groups in total. The minimum Gasteiger partial charge on any atom is -0.368 e. The van der Waals surface area contributed by atoms with E-state index in [1.54, 1.807) is 18.8 Å². The van der Waals surface area contributed by atoms with E-state index in [1.807, 2.05) is 31.2 Å². The van der Waals surface area contributed by atoms with Gasteiger partial charge in [-0.1, -0.05) is 23.9 Å². The number of carbonyl (C=O) groups excluding carboxylic acids is 1. The fourth-order valence-corrected chi connectivity index (χ4v) is 2.77. The molecule has 0 fully saturated rings. The zero-order valence-electron chi connectivity index (χ0n) is 11.1. The zero-order valence-corrected chi connectivity index (χ0v) is 11.9. The van der Waals surface area contributed by atoms with Crippen molar-refractivity contribution in [2.75, 3.05) is 12.8 Å². The van der Waals surface area contributed by atoms with E-state index in [4.69, 9.17) is 5.73 Å². The van der Waals surface area contributed by atoms with E-state index < -0.39 is 5.54 Å². The summed E-state index contributed by atoms with van der Waals surface area (Å²) in [7, 11) is 1.75. The number of hydrogen-bond acceptors (Lipinski definition) is 4. The van der Waals surface area contributed by atoms with Crippen molar-refractivity contribution in [3.05, 3.63) is 24.3 Å². The van der Waals surface area contributed by atoms with Crippen LogP contribution in [-0.4, -0.2) is 34.2 Å². The van der Waals surface area contributed by atoms with E-state index >= 15 is 0 Å². The van der Waals surface area contributed by atoms with E-state index in [0.29, 0.717) is 6.42 Å². The molecular formula is C13H18N4OS. The summed E-state index contributed by atoms with van der Waals surface area (Å²) in [5.41, 5.74) is 6.70. The second-order valence-corrected chi connectivity index (χ2v) is 5.69. The third kappa shape index (κ3) is 3.08. The lowest BCUT2D eigenvalue weighted by atomic mass is 9.99. The molecule has 0 spiro atoms. The Morgan fingerprint density at radius 1 is 1.53 bits per heavy atom. The molecule has 2 aromatic rings. The first-order valence-electron chi connectivity index (χ1n) is 6.11. The van der Waals surface area contributed by atoms with Crippen molar-refractivity contribution in [3.8, 4) is 0 Å². The van der Waals surface area contributed by atoms with Crippen molar-refractivity contribution in [1.29, 1.82) is 0 Å². The predicted octanol–water partition coefficient (Wildman–Crippen LogP) is 1.51. The SMILES string of the molecule is CNC(C)(CCSc1nc2ccccc2[nH]1)C(N)=O. The number of nitrogens with one attached hydrogen (secondary N) is 2. The highest BCUT2D eigenvalue weighted by Crippen LogP contribution is 2.22. The Hall–Kier alpha value is -1.53. The van der Waals surface area contributed by atoms with Crippen molar-refractivity contribution in [1.82, 2.24) is 15.3 Å². The molecule has 1 amide bonds. The average Bonchev–Trinajstić information content (AvgIpc) is 2.80. The van der Waals surface area contributed by atoms with E-state index in [1.165, 1.54) is 0 Å². The first-order valence-corrected chi connectivity index (χ1v) is 7.10. The summed E-state index contributed by atoms with van der Waals surface area (Å²) in [6, 6.07) is 7.90. The van der Waals surface area contributed by atoms with Gasteiger partial charge in [0, 0.05) is 5.75 Å². The quantitative estimate of drug-likeness (QED) is 0.699. The number of imidazole rings is 1. The van der Waals surface area contributed by atoms with Crippen LogP contribution in [0.3, 0.4) is 0 Å². The number of nitrogens with two attached hydrogens (primary N) is 1. The van der Waals surface area contributed by atoms with Crippen LogP contribution in [0.1, 0.15) is 13.3 Å². The third-order valence-corrected chi connectivity index (χ3v) is 4.18. The highest BCUT2D eigenvalue weighted by molar-refractivity contribution is 7.99. The normalized spacial score (nSPS) is 14.4. The number of thioether (sulfide) groups is 1. The minimum atomic E-state index is -0.668. The van der Waals surface area contributed by atoms with Gasteiger partial charge in [-0.3, -0.25) is 4.79 Å². The van der Waals surface area contributed by atoms with Gasteiger partial charge in [0.2, 0.25) is 5.91 Å². The number of hydrogen-bond donors (Lipinski definition) is 3. The maximum Gasteiger partial charge on any atom is 0.237 e. The van der Waals surface area contributed by atoms with Gasteiger partial charge in [-0.15, -0.1) is 0 Å². The number of aromatic nitrogens is 2. The van der Waals surface area contributed by atoms with Crippen molar-refractivity contribution in [3.63, 3.8) is 0 Å². The maximum absolute atomic E-state index is 11.4. The summed E-state index contributed by atoms with van der Waals surface area (Å²) < 4.78 is 0. The Kier molecular flexibility index (Phi) is 4.11. The van der Waals surface area contributed by atoms with Gasteiger partial charge < -0.3 is 16.0 Å². The summed E-state index contributed by atoms with van der Waals surface area (Å²) in [6.45, 7) is 1.81. The highest BCUT2D eigenvalue weighted by atomic mass is 32.2. The largest absolute Gasteiger partial charge is 0.368 e. The van der Waals surface area contributed by atoms with Crippen LogP contribution < -0.4 is 11.1 Å².